The number of carboxylic acid groups (broad SMARTS) is 1. The van der Waals surface area contributed by atoms with E-state index >= 15 is 0 Å². The van der Waals surface area contributed by atoms with Gasteiger partial charge in [0.1, 0.15) is 6.10 Å². The Balaban J connectivity index is 1.55. The lowest BCUT2D eigenvalue weighted by Gasteiger charge is -2.32. The molecule has 1 aliphatic heterocycles. The molecule has 3 rings (SSSR count). The normalized spacial score (nSPS) is 25.7. The van der Waals surface area contributed by atoms with E-state index in [1.54, 1.807) is 12.1 Å². The Labute approximate surface area is 161 Å². The zero-order chi connectivity index (χ0) is 19.2. The van der Waals surface area contributed by atoms with Crippen molar-refractivity contribution >= 4 is 14.0 Å². The van der Waals surface area contributed by atoms with E-state index in [1.807, 2.05) is 12.1 Å². The van der Waals surface area contributed by atoms with E-state index in [-0.39, 0.29) is 17.8 Å². The molecule has 3 N–H and O–H groups in total. The maximum absolute atomic E-state index is 11.9. The molecule has 0 bridgehead atoms. The molecule has 7 heteroatoms. The highest BCUT2D eigenvalue weighted by molar-refractivity contribution is 7.39. The minimum atomic E-state index is -2.28. The summed E-state index contributed by atoms with van der Waals surface area (Å²) in [6.07, 6.45) is 7.06. The molecule has 6 nitrogen and oxygen atoms in total. The van der Waals surface area contributed by atoms with Gasteiger partial charge in [-0.25, -0.2) is 4.79 Å². The predicted molar refractivity (Wildman–Crippen MR) is 103 cm³/mol. The van der Waals surface area contributed by atoms with Crippen LogP contribution in [0.3, 0.4) is 0 Å². The zero-order valence-electron chi connectivity index (χ0n) is 15.5. The molecule has 4 atom stereocenters. The highest BCUT2D eigenvalue weighted by Crippen LogP contribution is 2.37. The van der Waals surface area contributed by atoms with Crippen molar-refractivity contribution in [1.29, 1.82) is 0 Å². The van der Waals surface area contributed by atoms with E-state index in [0.717, 1.165) is 24.8 Å². The number of hydrogen-bond donors (Lipinski definition) is 3. The van der Waals surface area contributed by atoms with Crippen LogP contribution in [-0.4, -0.2) is 46.9 Å². The summed E-state index contributed by atoms with van der Waals surface area (Å²) < 4.78 is 17.9. The molecule has 1 saturated carbocycles. The molecule has 0 amide bonds. The Morgan fingerprint density at radius 2 is 2.00 bits per heavy atom. The van der Waals surface area contributed by atoms with Gasteiger partial charge >= 0.3 is 14.0 Å². The summed E-state index contributed by atoms with van der Waals surface area (Å²) in [7, 11) is -2.28. The lowest BCUT2D eigenvalue weighted by molar-refractivity contribution is -0.00273. The van der Waals surface area contributed by atoms with Gasteiger partial charge in [-0.1, -0.05) is 50.3 Å². The van der Waals surface area contributed by atoms with Crippen molar-refractivity contribution in [1.82, 2.24) is 5.32 Å². The number of morpholine rings is 1. The maximum Gasteiger partial charge on any atom is 0.511 e. The van der Waals surface area contributed by atoms with E-state index < -0.39 is 14.0 Å². The van der Waals surface area contributed by atoms with Gasteiger partial charge in [-0.05, 0) is 28.5 Å². The summed E-state index contributed by atoms with van der Waals surface area (Å²) in [6, 6.07) is 7.01. The molecular weight excluding hydrogens is 365 g/mol. The number of hydrogen-bond acceptors (Lipinski definition) is 4. The Bertz CT molecular complexity index is 654. The first-order valence-electron chi connectivity index (χ1n) is 9.86. The molecule has 0 radical (unpaired) electrons. The van der Waals surface area contributed by atoms with E-state index in [0.29, 0.717) is 31.1 Å². The van der Waals surface area contributed by atoms with Crippen LogP contribution in [0.5, 0.6) is 0 Å². The van der Waals surface area contributed by atoms with Crippen molar-refractivity contribution in [2.75, 3.05) is 13.2 Å². The Morgan fingerprint density at radius 3 is 2.63 bits per heavy atom. The minimum absolute atomic E-state index is 0.00801. The van der Waals surface area contributed by atoms with Gasteiger partial charge in [0.05, 0.1) is 12.2 Å². The van der Waals surface area contributed by atoms with Crippen LogP contribution < -0.4 is 5.32 Å². The Kier molecular flexibility index (Phi) is 7.36. The fourth-order valence-electron chi connectivity index (χ4n) is 4.34. The molecule has 1 aliphatic carbocycles. The van der Waals surface area contributed by atoms with Gasteiger partial charge in [0.15, 0.2) is 0 Å². The molecule has 0 spiro atoms. The maximum atomic E-state index is 11.9. The summed E-state index contributed by atoms with van der Waals surface area (Å²) in [4.78, 5) is 21.2. The average Bonchev–Trinajstić information content (AvgIpc) is 2.68. The van der Waals surface area contributed by atoms with E-state index in [4.69, 9.17) is 4.74 Å². The topological polar surface area (TPSA) is 95.9 Å². The van der Waals surface area contributed by atoms with Crippen LogP contribution in [0.25, 0.3) is 0 Å². The fourth-order valence-corrected chi connectivity index (χ4v) is 5.29. The average molecular weight is 394 g/mol. The van der Waals surface area contributed by atoms with Crippen LogP contribution in [0.2, 0.25) is 0 Å². The molecular formula is C20H29NO5P+. The van der Waals surface area contributed by atoms with Gasteiger partial charge in [0.2, 0.25) is 5.66 Å². The van der Waals surface area contributed by atoms with Crippen LogP contribution in [0.4, 0.5) is 0 Å². The van der Waals surface area contributed by atoms with Crippen LogP contribution >= 0.6 is 8.03 Å². The third-order valence-corrected chi connectivity index (χ3v) is 6.96. The summed E-state index contributed by atoms with van der Waals surface area (Å²) in [5.74, 6) is -0.399. The van der Waals surface area contributed by atoms with Crippen molar-refractivity contribution in [2.24, 2.45) is 5.92 Å². The molecule has 1 saturated heterocycles. The molecule has 148 valence electrons. The highest BCUT2D eigenvalue weighted by atomic mass is 31.1. The molecule has 27 heavy (non-hydrogen) atoms. The number of carbonyl (C=O) groups is 1. The summed E-state index contributed by atoms with van der Waals surface area (Å²) in [5, 5.41) is 12.7. The van der Waals surface area contributed by atoms with Gasteiger partial charge in [-0.3, -0.25) is 0 Å². The first-order chi connectivity index (χ1) is 13.0. The van der Waals surface area contributed by atoms with Crippen LogP contribution in [0.1, 0.15) is 54.4 Å². The number of nitrogens with one attached hydrogen (secondary N) is 1. The van der Waals surface area contributed by atoms with Crippen molar-refractivity contribution in [3.8, 4) is 0 Å². The molecule has 1 aromatic carbocycles. The molecule has 1 aromatic rings. The number of benzene rings is 1. The molecule has 2 fully saturated rings. The lowest BCUT2D eigenvalue weighted by atomic mass is 9.85. The summed E-state index contributed by atoms with van der Waals surface area (Å²) >= 11 is 0. The molecule has 1 heterocycles. The largest absolute Gasteiger partial charge is 0.511 e. The van der Waals surface area contributed by atoms with Crippen molar-refractivity contribution in [2.45, 2.75) is 62.8 Å². The van der Waals surface area contributed by atoms with Gasteiger partial charge in [-0.2, -0.15) is 4.89 Å². The SMILES string of the molecule is O=C(O)c1ccccc1C[C@@H]1CO[C@H](C(CC2CCCCC2)[P+](=O)O)CN1. The predicted octanol–water partition coefficient (Wildman–Crippen LogP) is 3.36. The molecule has 2 unspecified atom stereocenters. The van der Waals surface area contributed by atoms with Gasteiger partial charge in [-0.15, -0.1) is 0 Å². The second-order valence-electron chi connectivity index (χ2n) is 7.75. The van der Waals surface area contributed by atoms with Crippen molar-refractivity contribution < 1.29 is 24.1 Å². The van der Waals surface area contributed by atoms with Gasteiger partial charge < -0.3 is 15.2 Å². The van der Waals surface area contributed by atoms with E-state index in [2.05, 4.69) is 5.32 Å². The van der Waals surface area contributed by atoms with Crippen molar-refractivity contribution in [3.05, 3.63) is 35.4 Å². The standard InChI is InChI=1S/C20H28NO5P/c22-20(23)17-9-5-4-8-15(17)11-16-13-26-18(12-21-16)19(27(24)25)10-14-6-2-1-3-7-14/h4-5,8-9,14,16,18-19,21H,1-3,6-7,10-13H2,(H-,22,23,24,25)/p+1/t16-,18+,19?/m1/s1. The van der Waals surface area contributed by atoms with Crippen LogP contribution in [0.15, 0.2) is 24.3 Å². The van der Waals surface area contributed by atoms with Gasteiger partial charge in [0.25, 0.3) is 0 Å². The quantitative estimate of drug-likeness (QED) is 0.614. The highest BCUT2D eigenvalue weighted by Gasteiger charge is 2.42. The monoisotopic (exact) mass is 394 g/mol. The van der Waals surface area contributed by atoms with Crippen LogP contribution in [0, 0.1) is 5.92 Å². The number of rotatable bonds is 7. The Hall–Kier alpha value is -1.33. The number of carboxylic acids is 1. The Morgan fingerprint density at radius 1 is 1.26 bits per heavy atom. The second kappa shape index (κ2) is 9.74. The minimum Gasteiger partial charge on any atom is -0.478 e. The molecule has 2 aliphatic rings. The first-order valence-corrected chi connectivity index (χ1v) is 11.1. The number of ether oxygens (including phenoxy) is 1. The van der Waals surface area contributed by atoms with Crippen LogP contribution in [-0.2, 0) is 15.7 Å². The number of aromatic carboxylic acids is 1. The summed E-state index contributed by atoms with van der Waals surface area (Å²) in [5.41, 5.74) is 0.759. The smallest absolute Gasteiger partial charge is 0.478 e. The third-order valence-electron chi connectivity index (χ3n) is 5.85. The summed E-state index contributed by atoms with van der Waals surface area (Å²) in [6.45, 7) is 0.946. The molecule has 0 aromatic heterocycles. The second-order valence-corrected chi connectivity index (χ2v) is 9.02. The lowest BCUT2D eigenvalue weighted by Crippen LogP contribution is -2.51. The van der Waals surface area contributed by atoms with E-state index in [9.17, 15) is 19.4 Å². The first kappa shape index (κ1) is 20.4. The fraction of sp³-hybridized carbons (Fsp3) is 0.650. The van der Waals surface area contributed by atoms with Gasteiger partial charge in [0, 0.05) is 19.0 Å². The third kappa shape index (κ3) is 5.58. The van der Waals surface area contributed by atoms with E-state index in [1.165, 1.54) is 19.3 Å². The van der Waals surface area contributed by atoms with Crippen molar-refractivity contribution in [3.63, 3.8) is 0 Å². The zero-order valence-corrected chi connectivity index (χ0v) is 16.4.